The number of hydrogen-bond donors (Lipinski definition) is 1. The SMILES string of the molecule is CN(Cc1cn(C)nc1C(C)(C)C)C1CNC1.Cl. The Balaban J connectivity index is 0.00000162. The molecule has 0 unspecified atom stereocenters. The Morgan fingerprint density at radius 1 is 1.44 bits per heavy atom. The zero-order valence-corrected chi connectivity index (χ0v) is 12.8. The van der Waals surface area contributed by atoms with Crippen LogP contribution < -0.4 is 5.32 Å². The van der Waals surface area contributed by atoms with Gasteiger partial charge in [0.25, 0.3) is 0 Å². The van der Waals surface area contributed by atoms with Crippen LogP contribution in [-0.2, 0) is 19.0 Å². The zero-order chi connectivity index (χ0) is 12.6. The fourth-order valence-corrected chi connectivity index (χ4v) is 2.27. The highest BCUT2D eigenvalue weighted by Crippen LogP contribution is 2.25. The summed E-state index contributed by atoms with van der Waals surface area (Å²) in [5, 5.41) is 7.93. The van der Waals surface area contributed by atoms with E-state index in [-0.39, 0.29) is 17.8 Å². The van der Waals surface area contributed by atoms with Gasteiger partial charge in [0.15, 0.2) is 0 Å². The van der Waals surface area contributed by atoms with E-state index in [2.05, 4.69) is 49.3 Å². The normalized spacial score (nSPS) is 16.6. The summed E-state index contributed by atoms with van der Waals surface area (Å²) < 4.78 is 1.93. The largest absolute Gasteiger partial charge is 0.314 e. The lowest BCUT2D eigenvalue weighted by molar-refractivity contribution is 0.172. The van der Waals surface area contributed by atoms with Gasteiger partial charge >= 0.3 is 0 Å². The molecule has 0 aromatic carbocycles. The summed E-state index contributed by atoms with van der Waals surface area (Å²) in [5.74, 6) is 0. The van der Waals surface area contributed by atoms with Crippen LogP contribution in [0.15, 0.2) is 6.20 Å². The van der Waals surface area contributed by atoms with E-state index in [0.717, 1.165) is 19.6 Å². The van der Waals surface area contributed by atoms with Crippen LogP contribution in [0.2, 0.25) is 0 Å². The molecule has 0 saturated carbocycles. The lowest BCUT2D eigenvalue weighted by Gasteiger charge is -2.35. The first-order chi connectivity index (χ1) is 7.88. The van der Waals surface area contributed by atoms with Crippen LogP contribution in [0.5, 0.6) is 0 Å². The molecule has 1 saturated heterocycles. The summed E-state index contributed by atoms with van der Waals surface area (Å²) in [6, 6.07) is 0.683. The molecule has 1 fully saturated rings. The van der Waals surface area contributed by atoms with Gasteiger partial charge in [-0.05, 0) is 7.05 Å². The second-order valence-electron chi connectivity index (χ2n) is 6.15. The Kier molecular flexibility index (Phi) is 4.81. The van der Waals surface area contributed by atoms with Gasteiger partial charge < -0.3 is 5.32 Å². The van der Waals surface area contributed by atoms with Crippen molar-refractivity contribution in [3.05, 3.63) is 17.5 Å². The van der Waals surface area contributed by atoms with E-state index < -0.39 is 0 Å². The van der Waals surface area contributed by atoms with E-state index in [9.17, 15) is 0 Å². The van der Waals surface area contributed by atoms with E-state index in [1.807, 2.05) is 11.7 Å². The molecule has 0 amide bonds. The fourth-order valence-electron chi connectivity index (χ4n) is 2.27. The Labute approximate surface area is 116 Å². The molecule has 0 atom stereocenters. The standard InChI is InChI=1S/C13H24N4.ClH/c1-13(2,3)12-10(9-17(5)15-12)8-16(4)11-6-14-7-11;/h9,11,14H,6-8H2,1-5H3;1H. The first kappa shape index (κ1) is 15.5. The average molecular weight is 273 g/mol. The van der Waals surface area contributed by atoms with E-state index in [4.69, 9.17) is 0 Å². The van der Waals surface area contributed by atoms with Gasteiger partial charge in [0.05, 0.1) is 5.69 Å². The van der Waals surface area contributed by atoms with Crippen molar-refractivity contribution >= 4 is 12.4 Å². The van der Waals surface area contributed by atoms with Gasteiger partial charge in [-0.15, -0.1) is 12.4 Å². The zero-order valence-electron chi connectivity index (χ0n) is 12.0. The molecule has 1 N–H and O–H groups in total. The Morgan fingerprint density at radius 2 is 2.06 bits per heavy atom. The number of aromatic nitrogens is 2. The van der Waals surface area contributed by atoms with Crippen LogP contribution >= 0.6 is 12.4 Å². The Bertz CT molecular complexity index is 390. The van der Waals surface area contributed by atoms with E-state index in [1.165, 1.54) is 11.3 Å². The number of nitrogens with zero attached hydrogens (tertiary/aromatic N) is 3. The van der Waals surface area contributed by atoms with Crippen molar-refractivity contribution in [2.24, 2.45) is 7.05 Å². The molecule has 2 rings (SSSR count). The molecule has 1 aliphatic heterocycles. The molecular formula is C13H25ClN4. The second-order valence-corrected chi connectivity index (χ2v) is 6.15. The molecule has 0 radical (unpaired) electrons. The Hall–Kier alpha value is -0.580. The summed E-state index contributed by atoms with van der Waals surface area (Å²) in [4.78, 5) is 2.42. The predicted molar refractivity (Wildman–Crippen MR) is 77.3 cm³/mol. The molecule has 2 heterocycles. The minimum atomic E-state index is 0. The van der Waals surface area contributed by atoms with Gasteiger partial charge in [-0.3, -0.25) is 9.58 Å². The monoisotopic (exact) mass is 272 g/mol. The first-order valence-electron chi connectivity index (χ1n) is 6.32. The van der Waals surface area contributed by atoms with Crippen LogP contribution in [-0.4, -0.2) is 40.9 Å². The molecule has 0 spiro atoms. The minimum Gasteiger partial charge on any atom is -0.314 e. The molecule has 1 aromatic rings. The number of halogens is 1. The van der Waals surface area contributed by atoms with Crippen LogP contribution in [0.1, 0.15) is 32.0 Å². The summed E-state index contributed by atoms with van der Waals surface area (Å²) in [5.41, 5.74) is 2.70. The Morgan fingerprint density at radius 3 is 2.50 bits per heavy atom. The van der Waals surface area contributed by atoms with E-state index in [1.54, 1.807) is 0 Å². The van der Waals surface area contributed by atoms with Crippen molar-refractivity contribution in [1.82, 2.24) is 20.0 Å². The van der Waals surface area contributed by atoms with Crippen LogP contribution in [0.3, 0.4) is 0 Å². The van der Waals surface area contributed by atoms with Crippen molar-refractivity contribution in [3.8, 4) is 0 Å². The predicted octanol–water partition coefficient (Wildman–Crippen LogP) is 1.54. The van der Waals surface area contributed by atoms with Gasteiger partial charge in [0.2, 0.25) is 0 Å². The van der Waals surface area contributed by atoms with Gasteiger partial charge in [0, 0.05) is 49.9 Å². The van der Waals surface area contributed by atoms with Gasteiger partial charge in [0.1, 0.15) is 0 Å². The summed E-state index contributed by atoms with van der Waals surface area (Å²) in [6.07, 6.45) is 2.16. The third-order valence-electron chi connectivity index (χ3n) is 3.42. The van der Waals surface area contributed by atoms with Crippen molar-refractivity contribution < 1.29 is 0 Å². The molecule has 104 valence electrons. The highest BCUT2D eigenvalue weighted by Gasteiger charge is 2.26. The second kappa shape index (κ2) is 5.59. The number of likely N-dealkylation sites (N-methyl/N-ethyl adjacent to an activating group) is 1. The third-order valence-corrected chi connectivity index (χ3v) is 3.42. The third kappa shape index (κ3) is 3.25. The fraction of sp³-hybridized carbons (Fsp3) is 0.769. The first-order valence-corrected chi connectivity index (χ1v) is 6.32. The van der Waals surface area contributed by atoms with Crippen molar-refractivity contribution in [3.63, 3.8) is 0 Å². The van der Waals surface area contributed by atoms with Crippen LogP contribution in [0.25, 0.3) is 0 Å². The molecular weight excluding hydrogens is 248 g/mol. The maximum absolute atomic E-state index is 4.61. The smallest absolute Gasteiger partial charge is 0.0722 e. The molecule has 0 bridgehead atoms. The van der Waals surface area contributed by atoms with Crippen LogP contribution in [0, 0.1) is 0 Å². The quantitative estimate of drug-likeness (QED) is 0.906. The van der Waals surface area contributed by atoms with Crippen LogP contribution in [0.4, 0.5) is 0 Å². The molecule has 4 nitrogen and oxygen atoms in total. The number of nitrogens with one attached hydrogen (secondary N) is 1. The number of rotatable bonds is 3. The molecule has 0 aliphatic carbocycles. The lowest BCUT2D eigenvalue weighted by Crippen LogP contribution is -2.55. The maximum atomic E-state index is 4.61. The van der Waals surface area contributed by atoms with E-state index in [0.29, 0.717) is 6.04 Å². The average Bonchev–Trinajstić information content (AvgIpc) is 2.42. The maximum Gasteiger partial charge on any atom is 0.0722 e. The summed E-state index contributed by atoms with van der Waals surface area (Å²) in [7, 11) is 4.20. The highest BCUT2D eigenvalue weighted by molar-refractivity contribution is 5.85. The van der Waals surface area contributed by atoms with Gasteiger partial charge in [-0.25, -0.2) is 0 Å². The van der Waals surface area contributed by atoms with Crippen molar-refractivity contribution in [1.29, 1.82) is 0 Å². The molecule has 5 heteroatoms. The molecule has 18 heavy (non-hydrogen) atoms. The summed E-state index contributed by atoms with van der Waals surface area (Å²) >= 11 is 0. The minimum absolute atomic E-state index is 0. The molecule has 1 aromatic heterocycles. The topological polar surface area (TPSA) is 33.1 Å². The van der Waals surface area contributed by atoms with E-state index >= 15 is 0 Å². The lowest BCUT2D eigenvalue weighted by atomic mass is 9.89. The number of hydrogen-bond acceptors (Lipinski definition) is 3. The molecule has 1 aliphatic rings. The summed E-state index contributed by atoms with van der Waals surface area (Å²) in [6.45, 7) is 9.90. The van der Waals surface area contributed by atoms with Gasteiger partial charge in [-0.2, -0.15) is 5.10 Å². The van der Waals surface area contributed by atoms with Crippen molar-refractivity contribution in [2.75, 3.05) is 20.1 Å². The van der Waals surface area contributed by atoms with Gasteiger partial charge in [-0.1, -0.05) is 20.8 Å². The van der Waals surface area contributed by atoms with Crippen molar-refractivity contribution in [2.45, 2.75) is 38.8 Å². The number of aryl methyl sites for hydroxylation is 1. The highest BCUT2D eigenvalue weighted by atomic mass is 35.5.